The van der Waals surface area contributed by atoms with Gasteiger partial charge >= 0.3 is 0 Å². The van der Waals surface area contributed by atoms with Crippen molar-refractivity contribution in [2.75, 3.05) is 6.67 Å². The van der Waals surface area contributed by atoms with Gasteiger partial charge in [0, 0.05) is 12.4 Å². The molecule has 0 amide bonds. The SMILES string of the molecule is C1=NCN=C1.CC.CC.CC.CC.CC.CC.CC.CC.CC.CC.Cc1nc2c([nH]1)c(=N)ncn2Cc1ccccc1.Cc1nc2c([nH]1)c(=N)ncn2Cc1ccccc1.Cc1nc2c([nH]1)c(=N)ncn2Cc1ccccc1.Cc1nc2c([nH]1)c(=N)ncn2Cc1ccccc1.Cc1nc2c([nH]1)c(=N)ncn2Cc1ccccc1.c1cnon1.c1cnsn1.c1ncon1.c1nnco1. The lowest BCUT2D eigenvalue weighted by atomic mass is 10.2. The van der Waals surface area contributed by atoms with Gasteiger partial charge in [-0.15, -0.1) is 10.2 Å². The molecular weight excluding hydrogens is 1720 g/mol. The third-order valence-electron chi connectivity index (χ3n) is 15.7. The monoisotopic (exact) mass is 1860 g/mol. The zero-order valence-corrected chi connectivity index (χ0v) is 83.5. The number of aryl methyl sites for hydroxylation is 5. The van der Waals surface area contributed by atoms with Crippen molar-refractivity contribution in [3.05, 3.63) is 318 Å². The Morgan fingerprint density at radius 3 is 0.674 bits per heavy atom. The molecule has 39 heteroatoms. The molecule has 0 atom stereocenters. The van der Waals surface area contributed by atoms with Crippen molar-refractivity contribution in [1.29, 1.82) is 27.0 Å². The van der Waals surface area contributed by atoms with E-state index >= 15 is 0 Å². The summed E-state index contributed by atoms with van der Waals surface area (Å²) < 4.78 is 29.7. The van der Waals surface area contributed by atoms with Crippen LogP contribution in [0.25, 0.3) is 55.8 Å². The molecule has 0 bridgehead atoms. The molecule has 1 aliphatic rings. The minimum absolute atomic E-state index is 0.231. The molecule has 0 aliphatic carbocycles. The summed E-state index contributed by atoms with van der Waals surface area (Å²) in [7, 11) is 0. The maximum Gasteiger partial charge on any atom is 0.213 e. The first kappa shape index (κ1) is 117. The Balaban J connectivity index is 0.000000757. The Kier molecular flexibility index (Phi) is 63.3. The Hall–Kier alpha value is -15.8. The number of aromatic nitrogens is 28. The lowest BCUT2D eigenvalue weighted by Crippen LogP contribution is -2.13. The Bertz CT molecular complexity index is 5490. The summed E-state index contributed by atoms with van der Waals surface area (Å²) in [5.74, 6) is 4.00. The number of H-pyrrole nitrogens is 5. The molecule has 135 heavy (non-hydrogen) atoms. The van der Waals surface area contributed by atoms with Crippen molar-refractivity contribution in [2.24, 2.45) is 9.98 Å². The normalized spacial score (nSPS) is 9.58. The number of nitrogens with zero attached hydrogens (tertiary/aromatic N) is 25. The van der Waals surface area contributed by atoms with E-state index in [1.807, 2.05) is 287 Å². The van der Waals surface area contributed by atoms with Crippen molar-refractivity contribution in [1.82, 2.24) is 137 Å². The minimum Gasteiger partial charge on any atom is -0.431 e. The lowest BCUT2D eigenvalue weighted by molar-refractivity contribution is 0.307. The van der Waals surface area contributed by atoms with Crippen LogP contribution in [0.3, 0.4) is 0 Å². The predicted molar refractivity (Wildman–Crippen MR) is 538 cm³/mol. The van der Waals surface area contributed by atoms with Crippen LogP contribution in [0, 0.1) is 61.7 Å². The highest BCUT2D eigenvalue weighted by atomic mass is 32.1. The Morgan fingerprint density at radius 2 is 0.533 bits per heavy atom. The second-order valence-corrected chi connectivity index (χ2v) is 24.9. The van der Waals surface area contributed by atoms with Crippen molar-refractivity contribution in [3.8, 4) is 0 Å². The van der Waals surface area contributed by atoms with Gasteiger partial charge < -0.3 is 56.7 Å². The zero-order chi connectivity index (χ0) is 100. The van der Waals surface area contributed by atoms with E-state index in [9.17, 15) is 0 Å². The molecule has 0 unspecified atom stereocenters. The molecule has 720 valence electrons. The molecule has 1 aliphatic heterocycles. The fourth-order valence-corrected chi connectivity index (χ4v) is 11.0. The smallest absolute Gasteiger partial charge is 0.213 e. The van der Waals surface area contributed by atoms with E-state index in [0.29, 0.717) is 67.0 Å². The summed E-state index contributed by atoms with van der Waals surface area (Å²) in [5.41, 5.74) is 14.4. The van der Waals surface area contributed by atoms with Crippen LogP contribution in [0.4, 0.5) is 0 Å². The second-order valence-electron chi connectivity index (χ2n) is 24.3. The lowest BCUT2D eigenvalue weighted by Gasteiger charge is -2.06. The molecule has 0 fully saturated rings. The average molecular weight is 1860 g/mol. The summed E-state index contributed by atoms with van der Waals surface area (Å²) in [5, 5.41) is 55.1. The number of nitrogens with one attached hydrogen (secondary N) is 10. The maximum absolute atomic E-state index is 7.76. The number of aliphatic imine (C=N–C) groups is 2. The van der Waals surface area contributed by atoms with Gasteiger partial charge in [-0.2, -0.15) is 8.75 Å². The summed E-state index contributed by atoms with van der Waals surface area (Å²) in [6, 6.07) is 50.7. The van der Waals surface area contributed by atoms with E-state index in [-0.39, 0.29) is 27.4 Å². The van der Waals surface area contributed by atoms with Gasteiger partial charge in [0.2, 0.25) is 19.2 Å². The molecule has 14 aromatic heterocycles. The highest BCUT2D eigenvalue weighted by molar-refractivity contribution is 6.98. The quantitative estimate of drug-likeness (QED) is 0.0608. The standard InChI is InChI=1S/5C13H13N5.C3H4N2.3C2H2N2O.C2H2N2S.10C2H6/c5*1-9-16-11-12(14)15-8-18(13(11)17-9)7-10-5-3-2-4-6-10;1-2-5-3-4-1;1-3-4-2-5-1;1-3-2-5-4-1;2*1-2-4-5-3-1;10*1-2/h5*2-6,8,14H,7H2,1H3,(H,16,17);1-2H,3H2;4*1-2H;10*1-2H3. The summed E-state index contributed by atoms with van der Waals surface area (Å²) in [4.78, 5) is 68.7. The van der Waals surface area contributed by atoms with Crippen LogP contribution in [0.15, 0.2) is 257 Å². The van der Waals surface area contributed by atoms with E-state index in [4.69, 9.17) is 27.0 Å². The molecule has 0 radical (unpaired) electrons. The Morgan fingerprint density at radius 1 is 0.304 bits per heavy atom. The number of hydrogen-bond acceptors (Lipinski definition) is 29. The Labute approximate surface area is 793 Å². The van der Waals surface area contributed by atoms with Gasteiger partial charge in [-0.1, -0.05) is 306 Å². The third kappa shape index (κ3) is 42.3. The van der Waals surface area contributed by atoms with Crippen LogP contribution in [0.1, 0.15) is 195 Å². The van der Waals surface area contributed by atoms with Crippen molar-refractivity contribution in [2.45, 2.75) is 206 Å². The minimum atomic E-state index is 0.231. The van der Waals surface area contributed by atoms with E-state index in [1.54, 1.807) is 56.5 Å². The van der Waals surface area contributed by atoms with Gasteiger partial charge in [0.05, 0.1) is 101 Å². The summed E-state index contributed by atoms with van der Waals surface area (Å²) in [6.45, 7) is 53.6. The zero-order valence-electron chi connectivity index (χ0n) is 82.6. The fourth-order valence-electron chi connectivity index (χ4n) is 10.8. The van der Waals surface area contributed by atoms with Gasteiger partial charge in [0.1, 0.15) is 63.4 Å². The number of fused-ring (bicyclic) bond motifs is 5. The molecule has 19 aromatic rings. The first-order chi connectivity index (χ1) is 66.2. The van der Waals surface area contributed by atoms with Crippen molar-refractivity contribution in [3.63, 3.8) is 0 Å². The molecule has 0 spiro atoms. The fraction of sp³-hybridized carbons (Fsp3) is 0.323. The average Bonchev–Trinajstić information content (AvgIpc) is 1.69. The predicted octanol–water partition coefficient (Wildman–Crippen LogP) is 19.1. The van der Waals surface area contributed by atoms with Crippen LogP contribution >= 0.6 is 11.7 Å². The van der Waals surface area contributed by atoms with Gasteiger partial charge in [0.25, 0.3) is 0 Å². The van der Waals surface area contributed by atoms with Crippen LogP contribution < -0.4 is 27.4 Å². The molecule has 0 saturated carbocycles. The second kappa shape index (κ2) is 72.9. The molecular formula is C96H137N35O3S. The molecule has 10 N–H and O–H groups in total. The highest BCUT2D eigenvalue weighted by Gasteiger charge is 2.13. The van der Waals surface area contributed by atoms with E-state index in [2.05, 4.69) is 198 Å². The van der Waals surface area contributed by atoms with E-state index in [1.165, 1.54) is 77.4 Å². The van der Waals surface area contributed by atoms with E-state index < -0.39 is 0 Å². The first-order valence-electron chi connectivity index (χ1n) is 45.0. The number of imidazole rings is 5. The topological polar surface area (TPSA) is 519 Å². The van der Waals surface area contributed by atoms with Crippen LogP contribution in [-0.4, -0.2) is 156 Å². The highest BCUT2D eigenvalue weighted by Crippen LogP contribution is 2.15. The molecule has 38 nitrogen and oxygen atoms in total. The van der Waals surface area contributed by atoms with E-state index in [0.717, 1.165) is 57.4 Å². The largest absolute Gasteiger partial charge is 0.431 e. The number of benzene rings is 5. The summed E-state index contributed by atoms with van der Waals surface area (Å²) in [6.07, 6.45) is 23.1. The number of hydrogen-bond donors (Lipinski definition) is 10. The van der Waals surface area contributed by atoms with Crippen LogP contribution in [0.2, 0.25) is 0 Å². The first-order valence-corrected chi connectivity index (χ1v) is 45.7. The number of rotatable bonds is 10. The van der Waals surface area contributed by atoms with Crippen molar-refractivity contribution >= 4 is 80.0 Å². The molecule has 20 rings (SSSR count). The van der Waals surface area contributed by atoms with Gasteiger partial charge in [-0.25, -0.2) is 59.5 Å². The summed E-state index contributed by atoms with van der Waals surface area (Å²) >= 11 is 1.21. The molecule has 0 saturated heterocycles. The van der Waals surface area contributed by atoms with Gasteiger partial charge in [-0.05, 0) is 62.4 Å². The van der Waals surface area contributed by atoms with Gasteiger partial charge in [-0.3, -0.25) is 37.0 Å². The number of aromatic amines is 5. The maximum atomic E-state index is 7.76. The molecule has 15 heterocycles. The molecule has 5 aromatic carbocycles. The third-order valence-corrected chi connectivity index (χ3v) is 16.2. The van der Waals surface area contributed by atoms with Crippen LogP contribution in [0.5, 0.6) is 0 Å². The van der Waals surface area contributed by atoms with Gasteiger partial charge in [0.15, 0.2) is 62.0 Å². The van der Waals surface area contributed by atoms with Crippen LogP contribution in [-0.2, 0) is 32.7 Å². The van der Waals surface area contributed by atoms with Crippen molar-refractivity contribution < 1.29 is 13.6 Å².